The van der Waals surface area contributed by atoms with Crippen molar-refractivity contribution < 1.29 is 8.42 Å². The zero-order valence-corrected chi connectivity index (χ0v) is 12.7. The van der Waals surface area contributed by atoms with Gasteiger partial charge < -0.3 is 5.32 Å². The molecular weight excluding hydrogens is 250 g/mol. The van der Waals surface area contributed by atoms with E-state index in [1.165, 1.54) is 4.31 Å². The Balaban J connectivity index is 2.51. The third-order valence-electron chi connectivity index (χ3n) is 3.61. The van der Waals surface area contributed by atoms with Gasteiger partial charge in [-0.25, -0.2) is 0 Å². The maximum absolute atomic E-state index is 12.3. The Kier molecular flexibility index (Phi) is 6.55. The smallest absolute Gasteiger partial charge is 0.281 e. The summed E-state index contributed by atoms with van der Waals surface area (Å²) >= 11 is 0. The molecule has 5 nitrogen and oxygen atoms in total. The van der Waals surface area contributed by atoms with Crippen molar-refractivity contribution in [3.63, 3.8) is 0 Å². The van der Waals surface area contributed by atoms with Gasteiger partial charge in [0.2, 0.25) is 0 Å². The molecule has 0 aromatic heterocycles. The van der Waals surface area contributed by atoms with Crippen LogP contribution in [0.1, 0.15) is 33.6 Å². The van der Waals surface area contributed by atoms with E-state index in [0.717, 1.165) is 25.9 Å². The lowest BCUT2D eigenvalue weighted by atomic mass is 9.98. The van der Waals surface area contributed by atoms with E-state index < -0.39 is 10.2 Å². The fourth-order valence-corrected chi connectivity index (χ4v) is 4.06. The second-order valence-electron chi connectivity index (χ2n) is 4.74. The highest BCUT2D eigenvalue weighted by Crippen LogP contribution is 2.20. The molecule has 1 rings (SSSR count). The van der Waals surface area contributed by atoms with Gasteiger partial charge in [0.1, 0.15) is 0 Å². The molecule has 0 atom stereocenters. The van der Waals surface area contributed by atoms with Crippen molar-refractivity contribution >= 4 is 10.2 Å². The first-order chi connectivity index (χ1) is 8.56. The molecule has 1 aliphatic rings. The molecule has 0 aromatic carbocycles. The lowest BCUT2D eigenvalue weighted by Crippen LogP contribution is -2.47. The van der Waals surface area contributed by atoms with E-state index in [1.54, 1.807) is 4.31 Å². The minimum atomic E-state index is -3.22. The number of hydrogen-bond acceptors (Lipinski definition) is 3. The highest BCUT2D eigenvalue weighted by molar-refractivity contribution is 7.86. The first-order valence-corrected chi connectivity index (χ1v) is 8.41. The van der Waals surface area contributed by atoms with Gasteiger partial charge in [-0.1, -0.05) is 20.8 Å². The highest BCUT2D eigenvalue weighted by atomic mass is 32.2. The zero-order valence-electron chi connectivity index (χ0n) is 11.9. The third kappa shape index (κ3) is 3.91. The van der Waals surface area contributed by atoms with Crippen LogP contribution in [-0.2, 0) is 10.2 Å². The summed E-state index contributed by atoms with van der Waals surface area (Å²) in [7, 11) is -3.22. The fraction of sp³-hybridized carbons (Fsp3) is 1.00. The number of hydrogen-bond donors (Lipinski definition) is 1. The maximum atomic E-state index is 12.3. The molecule has 0 radical (unpaired) electrons. The van der Waals surface area contributed by atoms with Gasteiger partial charge in [-0.15, -0.1) is 0 Å². The van der Waals surface area contributed by atoms with Crippen molar-refractivity contribution in [1.82, 2.24) is 13.9 Å². The first-order valence-electron chi connectivity index (χ1n) is 7.02. The molecular formula is C12H27N3O2S. The van der Waals surface area contributed by atoms with Gasteiger partial charge in [0.15, 0.2) is 0 Å². The first kappa shape index (κ1) is 15.9. The topological polar surface area (TPSA) is 52.7 Å². The Labute approximate surface area is 112 Å². The number of rotatable bonds is 7. The molecule has 1 aliphatic heterocycles. The van der Waals surface area contributed by atoms with Gasteiger partial charge in [0, 0.05) is 26.2 Å². The largest absolute Gasteiger partial charge is 0.317 e. The van der Waals surface area contributed by atoms with Crippen LogP contribution in [0.2, 0.25) is 0 Å². The minimum Gasteiger partial charge on any atom is -0.317 e. The Morgan fingerprint density at radius 3 is 2.17 bits per heavy atom. The van der Waals surface area contributed by atoms with Crippen LogP contribution in [0.25, 0.3) is 0 Å². The summed E-state index contributed by atoms with van der Waals surface area (Å²) in [4.78, 5) is 0. The van der Waals surface area contributed by atoms with Crippen LogP contribution < -0.4 is 5.32 Å². The van der Waals surface area contributed by atoms with E-state index in [2.05, 4.69) is 12.2 Å². The van der Waals surface area contributed by atoms with E-state index in [9.17, 15) is 8.42 Å². The summed E-state index contributed by atoms with van der Waals surface area (Å²) in [6.07, 6.45) is 1.93. The zero-order chi connectivity index (χ0) is 13.6. The van der Waals surface area contributed by atoms with E-state index in [4.69, 9.17) is 0 Å². The molecule has 1 fully saturated rings. The molecule has 6 heteroatoms. The Morgan fingerprint density at radius 1 is 1.17 bits per heavy atom. The molecule has 0 spiro atoms. The SMILES string of the molecule is CCNCC1CCN(S(=O)(=O)N(CC)CC)CC1. The van der Waals surface area contributed by atoms with Crippen molar-refractivity contribution in [2.45, 2.75) is 33.6 Å². The van der Waals surface area contributed by atoms with E-state index in [1.807, 2.05) is 13.8 Å². The summed E-state index contributed by atoms with van der Waals surface area (Å²) in [6, 6.07) is 0. The third-order valence-corrected chi connectivity index (χ3v) is 5.80. The van der Waals surface area contributed by atoms with Crippen LogP contribution in [0, 0.1) is 5.92 Å². The van der Waals surface area contributed by atoms with E-state index in [-0.39, 0.29) is 0 Å². The van der Waals surface area contributed by atoms with Crippen molar-refractivity contribution in [3.8, 4) is 0 Å². The maximum Gasteiger partial charge on any atom is 0.281 e. The fourth-order valence-electron chi connectivity index (χ4n) is 2.41. The standard InChI is InChI=1S/C12H27N3O2S/c1-4-13-11-12-7-9-15(10-8-12)18(16,17)14(5-2)6-3/h12-13H,4-11H2,1-3H3. The molecule has 108 valence electrons. The Hall–Kier alpha value is -0.170. The lowest BCUT2D eigenvalue weighted by molar-refractivity contribution is 0.252. The summed E-state index contributed by atoms with van der Waals surface area (Å²) in [5.41, 5.74) is 0. The van der Waals surface area contributed by atoms with Gasteiger partial charge in [-0.05, 0) is 31.8 Å². The van der Waals surface area contributed by atoms with Gasteiger partial charge >= 0.3 is 0 Å². The van der Waals surface area contributed by atoms with Crippen LogP contribution in [-0.4, -0.2) is 56.3 Å². The summed E-state index contributed by atoms with van der Waals surface area (Å²) in [5.74, 6) is 0.619. The average Bonchev–Trinajstić information content (AvgIpc) is 2.38. The quantitative estimate of drug-likeness (QED) is 0.752. The Morgan fingerprint density at radius 2 is 1.72 bits per heavy atom. The predicted molar refractivity (Wildman–Crippen MR) is 74.7 cm³/mol. The molecule has 1 N–H and O–H groups in total. The van der Waals surface area contributed by atoms with Gasteiger partial charge in [-0.2, -0.15) is 17.0 Å². The molecule has 1 heterocycles. The van der Waals surface area contributed by atoms with Crippen molar-refractivity contribution in [2.75, 3.05) is 39.3 Å². The number of nitrogens with zero attached hydrogens (tertiary/aromatic N) is 2. The molecule has 18 heavy (non-hydrogen) atoms. The monoisotopic (exact) mass is 277 g/mol. The molecule has 0 saturated carbocycles. The van der Waals surface area contributed by atoms with E-state index in [0.29, 0.717) is 32.1 Å². The summed E-state index contributed by atoms with van der Waals surface area (Å²) in [5, 5.41) is 3.34. The number of nitrogens with one attached hydrogen (secondary N) is 1. The molecule has 1 saturated heterocycles. The summed E-state index contributed by atoms with van der Waals surface area (Å²) < 4.78 is 27.8. The van der Waals surface area contributed by atoms with Crippen LogP contribution in [0.4, 0.5) is 0 Å². The van der Waals surface area contributed by atoms with Crippen molar-refractivity contribution in [2.24, 2.45) is 5.92 Å². The molecule has 0 aliphatic carbocycles. The average molecular weight is 277 g/mol. The van der Waals surface area contributed by atoms with Crippen LogP contribution in [0.3, 0.4) is 0 Å². The normalized spacial score (nSPS) is 19.6. The molecule has 0 aromatic rings. The Bertz CT molecular complexity index is 320. The van der Waals surface area contributed by atoms with E-state index >= 15 is 0 Å². The second-order valence-corrected chi connectivity index (χ2v) is 6.67. The summed E-state index contributed by atoms with van der Waals surface area (Å²) in [6.45, 7) is 10.3. The molecule has 0 bridgehead atoms. The predicted octanol–water partition coefficient (Wildman–Crippen LogP) is 0.895. The van der Waals surface area contributed by atoms with Crippen LogP contribution >= 0.6 is 0 Å². The van der Waals surface area contributed by atoms with Gasteiger partial charge in [0.25, 0.3) is 10.2 Å². The van der Waals surface area contributed by atoms with Crippen molar-refractivity contribution in [1.29, 1.82) is 0 Å². The van der Waals surface area contributed by atoms with Crippen molar-refractivity contribution in [3.05, 3.63) is 0 Å². The van der Waals surface area contributed by atoms with Crippen LogP contribution in [0.15, 0.2) is 0 Å². The number of piperidine rings is 1. The van der Waals surface area contributed by atoms with Gasteiger partial charge in [-0.3, -0.25) is 0 Å². The van der Waals surface area contributed by atoms with Crippen LogP contribution in [0.5, 0.6) is 0 Å². The minimum absolute atomic E-state index is 0.552. The molecule has 0 unspecified atom stereocenters. The second kappa shape index (κ2) is 7.43. The molecule has 0 amide bonds. The van der Waals surface area contributed by atoms with Gasteiger partial charge in [0.05, 0.1) is 0 Å². The highest BCUT2D eigenvalue weighted by Gasteiger charge is 2.31. The lowest BCUT2D eigenvalue weighted by Gasteiger charge is -2.34.